The number of thioether (sulfide) groups is 1. The molecule has 1 heterocycles. The lowest BCUT2D eigenvalue weighted by Gasteiger charge is -2.19. The zero-order valence-corrected chi connectivity index (χ0v) is 24.7. The highest BCUT2D eigenvalue weighted by molar-refractivity contribution is 9.10. The Balaban J connectivity index is 1.64. The minimum Gasteiger partial charge on any atom is -0.493 e. The van der Waals surface area contributed by atoms with Gasteiger partial charge in [0.25, 0.3) is 11.1 Å². The standard InChI is InChI=1S/C28H32BrNO7S/c1-17(2)37-24(31)16-30-26(32)23(38-27(30)33)15-18-13-21(29)25(22(14-18)34-6)36-12-11-35-20-9-7-19(8-10-20)28(3,4)5/h7-10,13-15,17H,11-12,16H2,1-6H3/b23-15-. The normalized spacial score (nSPS) is 14.8. The Hall–Kier alpha value is -2.98. The number of carbonyl (C=O) groups excluding carboxylic acids is 3. The molecule has 38 heavy (non-hydrogen) atoms. The van der Waals surface area contributed by atoms with Crippen molar-refractivity contribution in [2.75, 3.05) is 26.9 Å². The van der Waals surface area contributed by atoms with Crippen molar-refractivity contribution >= 4 is 50.9 Å². The minimum atomic E-state index is -0.639. The summed E-state index contributed by atoms with van der Waals surface area (Å²) < 4.78 is 22.9. The molecule has 0 unspecified atom stereocenters. The monoisotopic (exact) mass is 605 g/mol. The Bertz CT molecular complexity index is 1220. The first kappa shape index (κ1) is 29.6. The molecule has 2 aromatic rings. The van der Waals surface area contributed by atoms with E-state index in [9.17, 15) is 14.4 Å². The van der Waals surface area contributed by atoms with Gasteiger partial charge in [-0.2, -0.15) is 0 Å². The number of benzene rings is 2. The fourth-order valence-electron chi connectivity index (χ4n) is 3.53. The van der Waals surface area contributed by atoms with Gasteiger partial charge in [0.2, 0.25) is 0 Å². The van der Waals surface area contributed by atoms with Gasteiger partial charge in [0.1, 0.15) is 25.5 Å². The van der Waals surface area contributed by atoms with Crippen LogP contribution in [0.15, 0.2) is 45.8 Å². The molecule has 3 rings (SSSR count). The minimum absolute atomic E-state index is 0.0761. The maximum Gasteiger partial charge on any atom is 0.326 e. The van der Waals surface area contributed by atoms with Gasteiger partial charge in [0.05, 0.1) is 22.6 Å². The lowest BCUT2D eigenvalue weighted by molar-refractivity contribution is -0.149. The van der Waals surface area contributed by atoms with Gasteiger partial charge in [-0.05, 0) is 88.4 Å². The summed E-state index contributed by atoms with van der Waals surface area (Å²) in [5, 5.41) is -0.527. The molecule has 0 bridgehead atoms. The number of rotatable bonds is 10. The molecule has 0 atom stereocenters. The SMILES string of the molecule is COc1cc(/C=C2\SC(=O)N(CC(=O)OC(C)C)C2=O)cc(Br)c1OCCOc1ccc(C(C)(C)C)cc1. The van der Waals surface area contributed by atoms with Crippen molar-refractivity contribution in [2.45, 2.75) is 46.1 Å². The van der Waals surface area contributed by atoms with Gasteiger partial charge in [-0.15, -0.1) is 0 Å². The number of hydrogen-bond donors (Lipinski definition) is 0. The summed E-state index contributed by atoms with van der Waals surface area (Å²) in [7, 11) is 1.51. The van der Waals surface area contributed by atoms with E-state index in [0.29, 0.717) is 28.1 Å². The largest absolute Gasteiger partial charge is 0.493 e. The second kappa shape index (κ2) is 12.7. The summed E-state index contributed by atoms with van der Waals surface area (Å²) >= 11 is 4.27. The van der Waals surface area contributed by atoms with Crippen LogP contribution in [0.5, 0.6) is 17.2 Å². The Kier molecular flexibility index (Phi) is 9.89. The zero-order chi connectivity index (χ0) is 28.0. The zero-order valence-electron chi connectivity index (χ0n) is 22.3. The summed E-state index contributed by atoms with van der Waals surface area (Å²) in [4.78, 5) is 38.0. The third-order valence-electron chi connectivity index (χ3n) is 5.40. The Morgan fingerprint density at radius 3 is 2.34 bits per heavy atom. The molecule has 0 spiro atoms. The van der Waals surface area contributed by atoms with Crippen LogP contribution in [0.3, 0.4) is 0 Å². The van der Waals surface area contributed by atoms with E-state index in [1.165, 1.54) is 12.7 Å². The molecule has 0 aliphatic carbocycles. The summed E-state index contributed by atoms with van der Waals surface area (Å²) in [6.07, 6.45) is 1.23. The molecule has 0 aromatic heterocycles. The van der Waals surface area contributed by atoms with E-state index in [1.807, 2.05) is 12.1 Å². The maximum absolute atomic E-state index is 12.7. The van der Waals surface area contributed by atoms with Crippen molar-refractivity contribution in [2.24, 2.45) is 0 Å². The molecule has 10 heteroatoms. The molecule has 1 aliphatic heterocycles. The van der Waals surface area contributed by atoms with Crippen LogP contribution < -0.4 is 14.2 Å². The highest BCUT2D eigenvalue weighted by Gasteiger charge is 2.37. The quantitative estimate of drug-likeness (QED) is 0.179. The Morgan fingerprint density at radius 2 is 1.74 bits per heavy atom. The van der Waals surface area contributed by atoms with Crippen LogP contribution in [-0.4, -0.2) is 55.0 Å². The lowest BCUT2D eigenvalue weighted by atomic mass is 9.87. The van der Waals surface area contributed by atoms with E-state index < -0.39 is 23.7 Å². The second-order valence-corrected chi connectivity index (χ2v) is 11.7. The third-order valence-corrected chi connectivity index (χ3v) is 6.89. The van der Waals surface area contributed by atoms with E-state index in [0.717, 1.165) is 22.4 Å². The van der Waals surface area contributed by atoms with Crippen molar-refractivity contribution in [3.63, 3.8) is 0 Å². The molecule has 1 fully saturated rings. The van der Waals surface area contributed by atoms with Gasteiger partial charge < -0.3 is 18.9 Å². The van der Waals surface area contributed by atoms with E-state index in [4.69, 9.17) is 18.9 Å². The topological polar surface area (TPSA) is 91.4 Å². The van der Waals surface area contributed by atoms with Crippen LogP contribution in [-0.2, 0) is 19.7 Å². The maximum atomic E-state index is 12.7. The van der Waals surface area contributed by atoms with Crippen LogP contribution in [0.2, 0.25) is 0 Å². The van der Waals surface area contributed by atoms with Crippen molar-refractivity contribution in [3.8, 4) is 17.2 Å². The first-order chi connectivity index (χ1) is 17.9. The molecule has 1 aliphatic rings. The van der Waals surface area contributed by atoms with Gasteiger partial charge in [-0.3, -0.25) is 19.3 Å². The first-order valence-electron chi connectivity index (χ1n) is 12.1. The first-order valence-corrected chi connectivity index (χ1v) is 13.7. The van der Waals surface area contributed by atoms with Gasteiger partial charge >= 0.3 is 5.97 Å². The third kappa shape index (κ3) is 7.77. The number of halogens is 1. The number of nitrogens with zero attached hydrogens (tertiary/aromatic N) is 1. The Labute approximate surface area is 235 Å². The number of hydrogen-bond acceptors (Lipinski definition) is 8. The average molecular weight is 607 g/mol. The summed E-state index contributed by atoms with van der Waals surface area (Å²) in [6, 6.07) is 11.5. The molecular weight excluding hydrogens is 574 g/mol. The molecule has 1 saturated heterocycles. The lowest BCUT2D eigenvalue weighted by Crippen LogP contribution is -2.35. The van der Waals surface area contributed by atoms with Crippen LogP contribution in [0.4, 0.5) is 4.79 Å². The molecule has 204 valence electrons. The molecule has 0 saturated carbocycles. The molecular formula is C28H32BrNO7S. The van der Waals surface area contributed by atoms with Gasteiger partial charge in [0, 0.05) is 0 Å². The van der Waals surface area contributed by atoms with Crippen LogP contribution >= 0.6 is 27.7 Å². The van der Waals surface area contributed by atoms with E-state index in [-0.39, 0.29) is 23.0 Å². The van der Waals surface area contributed by atoms with Crippen LogP contribution in [0.1, 0.15) is 45.7 Å². The summed E-state index contributed by atoms with van der Waals surface area (Å²) in [6.45, 7) is 10.1. The summed E-state index contributed by atoms with van der Waals surface area (Å²) in [5.41, 5.74) is 1.92. The number of imide groups is 1. The number of ether oxygens (including phenoxy) is 4. The second-order valence-electron chi connectivity index (χ2n) is 9.81. The number of esters is 1. The fourth-order valence-corrected chi connectivity index (χ4v) is 4.95. The summed E-state index contributed by atoms with van der Waals surface area (Å²) in [5.74, 6) is 0.499. The van der Waals surface area contributed by atoms with Gasteiger partial charge in [0.15, 0.2) is 11.5 Å². The number of carbonyl (C=O) groups is 3. The predicted molar refractivity (Wildman–Crippen MR) is 151 cm³/mol. The molecule has 2 aromatic carbocycles. The number of amides is 2. The number of methoxy groups -OCH3 is 1. The molecule has 0 radical (unpaired) electrons. The van der Waals surface area contributed by atoms with Gasteiger partial charge in [-0.25, -0.2) is 0 Å². The van der Waals surface area contributed by atoms with Crippen molar-refractivity contribution < 1.29 is 33.3 Å². The molecule has 8 nitrogen and oxygen atoms in total. The van der Waals surface area contributed by atoms with E-state index in [2.05, 4.69) is 48.8 Å². The van der Waals surface area contributed by atoms with Gasteiger partial charge in [-0.1, -0.05) is 32.9 Å². The predicted octanol–water partition coefficient (Wildman–Crippen LogP) is 6.20. The van der Waals surface area contributed by atoms with Crippen molar-refractivity contribution in [3.05, 3.63) is 56.9 Å². The van der Waals surface area contributed by atoms with Crippen molar-refractivity contribution in [1.82, 2.24) is 4.90 Å². The Morgan fingerprint density at radius 1 is 1.08 bits per heavy atom. The highest BCUT2D eigenvalue weighted by atomic mass is 79.9. The van der Waals surface area contributed by atoms with Crippen LogP contribution in [0, 0.1) is 0 Å². The molecule has 0 N–H and O–H groups in total. The fraction of sp³-hybridized carbons (Fsp3) is 0.393. The smallest absolute Gasteiger partial charge is 0.326 e. The molecule has 2 amide bonds. The highest BCUT2D eigenvalue weighted by Crippen LogP contribution is 2.39. The average Bonchev–Trinajstić information content (AvgIpc) is 3.09. The van der Waals surface area contributed by atoms with E-state index >= 15 is 0 Å². The van der Waals surface area contributed by atoms with E-state index in [1.54, 1.807) is 32.1 Å². The van der Waals surface area contributed by atoms with Crippen molar-refractivity contribution in [1.29, 1.82) is 0 Å². The van der Waals surface area contributed by atoms with Crippen LogP contribution in [0.25, 0.3) is 6.08 Å².